The summed E-state index contributed by atoms with van der Waals surface area (Å²) in [4.78, 5) is 26.3. The maximum atomic E-state index is 12.7. The molecule has 0 spiro atoms. The van der Waals surface area contributed by atoms with Crippen LogP contribution in [0.5, 0.6) is 0 Å². The van der Waals surface area contributed by atoms with Crippen LogP contribution >= 0.6 is 11.6 Å². The van der Waals surface area contributed by atoms with Crippen LogP contribution in [0.2, 0.25) is 5.02 Å². The van der Waals surface area contributed by atoms with Crippen LogP contribution in [0.3, 0.4) is 0 Å². The molecule has 1 aliphatic heterocycles. The molecule has 3 aromatic rings. The molecule has 1 aliphatic rings. The lowest BCUT2D eigenvalue weighted by Crippen LogP contribution is -2.49. The van der Waals surface area contributed by atoms with Crippen molar-refractivity contribution in [1.82, 2.24) is 24.6 Å². The number of carbonyl (C=O) groups is 1. The van der Waals surface area contributed by atoms with Crippen LogP contribution in [0.1, 0.15) is 24.0 Å². The Morgan fingerprint density at radius 1 is 1.10 bits per heavy atom. The summed E-state index contributed by atoms with van der Waals surface area (Å²) in [6, 6.07) is 7.46. The van der Waals surface area contributed by atoms with E-state index in [0.29, 0.717) is 24.5 Å². The van der Waals surface area contributed by atoms with E-state index in [1.165, 1.54) is 0 Å². The van der Waals surface area contributed by atoms with Gasteiger partial charge in [-0.2, -0.15) is 5.10 Å². The monoisotopic (exact) mass is 412 g/mol. The lowest BCUT2D eigenvalue weighted by Gasteiger charge is -2.35. The molecule has 1 amide bonds. The van der Waals surface area contributed by atoms with E-state index < -0.39 is 0 Å². The van der Waals surface area contributed by atoms with Crippen molar-refractivity contribution in [3.63, 3.8) is 0 Å². The summed E-state index contributed by atoms with van der Waals surface area (Å²) >= 11 is 5.93. The highest BCUT2D eigenvalue weighted by Gasteiger charge is 2.25. The van der Waals surface area contributed by atoms with E-state index in [1.54, 1.807) is 0 Å². The van der Waals surface area contributed by atoms with E-state index >= 15 is 0 Å². The minimum atomic E-state index is 0.144. The first-order chi connectivity index (χ1) is 14.0. The Balaban J connectivity index is 1.49. The number of aromatic nitrogens is 4. The van der Waals surface area contributed by atoms with Gasteiger partial charge in [0, 0.05) is 44.7 Å². The van der Waals surface area contributed by atoms with E-state index in [4.69, 9.17) is 16.6 Å². The summed E-state index contributed by atoms with van der Waals surface area (Å²) in [7, 11) is 1.93. The fourth-order valence-electron chi connectivity index (χ4n) is 3.80. The molecule has 0 N–H and O–H groups in total. The molecule has 0 bridgehead atoms. The third kappa shape index (κ3) is 3.92. The Hall–Kier alpha value is -2.67. The first-order valence-corrected chi connectivity index (χ1v) is 10.3. The summed E-state index contributed by atoms with van der Waals surface area (Å²) in [5.74, 6) is 1.88. The molecular formula is C21H25ClN6O. The first-order valence-electron chi connectivity index (χ1n) is 9.93. The van der Waals surface area contributed by atoms with Crippen molar-refractivity contribution in [2.45, 2.75) is 26.7 Å². The number of benzene rings is 1. The lowest BCUT2D eigenvalue weighted by atomic mass is 10.1. The standard InChI is InChI=1S/C21H25ClN6O/c1-4-17-23-19-14(2)25-26(3)20(19)21(24-17)28-11-9-27(10-12-28)18(29)13-15-5-7-16(22)8-6-15/h5-8H,4,9-13H2,1-3H3. The molecule has 4 rings (SSSR count). The molecule has 2 aromatic heterocycles. The molecule has 0 unspecified atom stereocenters. The minimum Gasteiger partial charge on any atom is -0.351 e. The average Bonchev–Trinajstić information content (AvgIpc) is 3.02. The average molecular weight is 413 g/mol. The number of piperazine rings is 1. The third-order valence-electron chi connectivity index (χ3n) is 5.39. The lowest BCUT2D eigenvalue weighted by molar-refractivity contribution is -0.130. The van der Waals surface area contributed by atoms with E-state index in [2.05, 4.69) is 21.9 Å². The molecule has 152 valence electrons. The van der Waals surface area contributed by atoms with Crippen molar-refractivity contribution in [2.75, 3.05) is 31.1 Å². The second-order valence-corrected chi connectivity index (χ2v) is 7.83. The summed E-state index contributed by atoms with van der Waals surface area (Å²) in [6.07, 6.45) is 1.17. The van der Waals surface area contributed by atoms with Crippen molar-refractivity contribution < 1.29 is 4.79 Å². The van der Waals surface area contributed by atoms with Crippen molar-refractivity contribution in [3.05, 3.63) is 46.4 Å². The van der Waals surface area contributed by atoms with Crippen LogP contribution in [-0.4, -0.2) is 56.7 Å². The number of halogens is 1. The highest BCUT2D eigenvalue weighted by Crippen LogP contribution is 2.27. The summed E-state index contributed by atoms with van der Waals surface area (Å²) in [6.45, 7) is 6.88. The molecule has 0 atom stereocenters. The van der Waals surface area contributed by atoms with Gasteiger partial charge in [-0.3, -0.25) is 9.48 Å². The number of rotatable bonds is 4. The number of hydrogen-bond acceptors (Lipinski definition) is 5. The van der Waals surface area contributed by atoms with E-state index in [9.17, 15) is 4.79 Å². The van der Waals surface area contributed by atoms with Gasteiger partial charge in [0.1, 0.15) is 16.9 Å². The molecule has 8 heteroatoms. The second kappa shape index (κ2) is 7.99. The maximum Gasteiger partial charge on any atom is 0.227 e. The quantitative estimate of drug-likeness (QED) is 0.659. The van der Waals surface area contributed by atoms with Crippen molar-refractivity contribution in [1.29, 1.82) is 0 Å². The molecule has 0 aliphatic carbocycles. The summed E-state index contributed by atoms with van der Waals surface area (Å²) in [5, 5.41) is 5.21. The summed E-state index contributed by atoms with van der Waals surface area (Å²) < 4.78 is 1.86. The van der Waals surface area contributed by atoms with Gasteiger partial charge in [0.2, 0.25) is 5.91 Å². The minimum absolute atomic E-state index is 0.144. The Bertz CT molecular complexity index is 1040. The second-order valence-electron chi connectivity index (χ2n) is 7.39. The van der Waals surface area contributed by atoms with Crippen molar-refractivity contribution >= 4 is 34.4 Å². The molecule has 0 radical (unpaired) electrons. The molecule has 29 heavy (non-hydrogen) atoms. The zero-order valence-corrected chi connectivity index (χ0v) is 17.8. The van der Waals surface area contributed by atoms with Crippen LogP contribution in [0.15, 0.2) is 24.3 Å². The van der Waals surface area contributed by atoms with Gasteiger partial charge in [0.15, 0.2) is 5.82 Å². The van der Waals surface area contributed by atoms with Gasteiger partial charge in [0.05, 0.1) is 12.1 Å². The van der Waals surface area contributed by atoms with Gasteiger partial charge < -0.3 is 9.80 Å². The number of fused-ring (bicyclic) bond motifs is 1. The fourth-order valence-corrected chi connectivity index (χ4v) is 3.92. The molecule has 0 saturated carbocycles. The fraction of sp³-hybridized carbons (Fsp3) is 0.429. The molecule has 7 nitrogen and oxygen atoms in total. The van der Waals surface area contributed by atoms with E-state index in [-0.39, 0.29) is 5.91 Å². The van der Waals surface area contributed by atoms with Gasteiger partial charge in [-0.05, 0) is 24.6 Å². The smallest absolute Gasteiger partial charge is 0.227 e. The third-order valence-corrected chi connectivity index (χ3v) is 5.65. The van der Waals surface area contributed by atoms with E-state index in [0.717, 1.165) is 53.4 Å². The number of hydrogen-bond donors (Lipinski definition) is 0. The van der Waals surface area contributed by atoms with Gasteiger partial charge in [0.25, 0.3) is 0 Å². The molecular weight excluding hydrogens is 388 g/mol. The van der Waals surface area contributed by atoms with Gasteiger partial charge in [-0.15, -0.1) is 0 Å². The highest BCUT2D eigenvalue weighted by atomic mass is 35.5. The molecule has 3 heterocycles. The predicted octanol–water partition coefficient (Wildman–Crippen LogP) is 2.78. The van der Waals surface area contributed by atoms with Crippen LogP contribution < -0.4 is 4.90 Å². The van der Waals surface area contributed by atoms with Crippen LogP contribution in [-0.2, 0) is 24.7 Å². The number of nitrogens with zero attached hydrogens (tertiary/aromatic N) is 6. The zero-order chi connectivity index (χ0) is 20.5. The molecule has 1 aromatic carbocycles. The van der Waals surface area contributed by atoms with Crippen LogP contribution in [0, 0.1) is 6.92 Å². The highest BCUT2D eigenvalue weighted by molar-refractivity contribution is 6.30. The van der Waals surface area contributed by atoms with Crippen LogP contribution in [0.25, 0.3) is 11.0 Å². The zero-order valence-electron chi connectivity index (χ0n) is 17.0. The van der Waals surface area contributed by atoms with Gasteiger partial charge >= 0.3 is 0 Å². The Labute approximate surface area is 175 Å². The number of amides is 1. The first kappa shape index (κ1) is 19.6. The SMILES string of the molecule is CCc1nc(N2CCN(C(=O)Cc3ccc(Cl)cc3)CC2)c2c(n1)c(C)nn2C. The Kier molecular flexibility index (Phi) is 5.41. The van der Waals surface area contributed by atoms with Crippen molar-refractivity contribution in [2.24, 2.45) is 7.05 Å². The predicted molar refractivity (Wildman–Crippen MR) is 114 cm³/mol. The number of aryl methyl sites for hydroxylation is 3. The summed E-state index contributed by atoms with van der Waals surface area (Å²) in [5.41, 5.74) is 3.77. The Morgan fingerprint density at radius 3 is 2.45 bits per heavy atom. The van der Waals surface area contributed by atoms with E-state index in [1.807, 2.05) is 47.8 Å². The van der Waals surface area contributed by atoms with Crippen molar-refractivity contribution in [3.8, 4) is 0 Å². The molecule has 1 saturated heterocycles. The van der Waals surface area contributed by atoms with Crippen LogP contribution in [0.4, 0.5) is 5.82 Å². The number of carbonyl (C=O) groups excluding carboxylic acids is 1. The normalized spacial score (nSPS) is 14.6. The Morgan fingerprint density at radius 2 is 1.79 bits per heavy atom. The molecule has 1 fully saturated rings. The van der Waals surface area contributed by atoms with Gasteiger partial charge in [-0.25, -0.2) is 9.97 Å². The van der Waals surface area contributed by atoms with Gasteiger partial charge in [-0.1, -0.05) is 30.7 Å². The number of anilines is 1. The largest absolute Gasteiger partial charge is 0.351 e. The topological polar surface area (TPSA) is 67.2 Å². The maximum absolute atomic E-state index is 12.7.